The predicted octanol–water partition coefficient (Wildman–Crippen LogP) is 5.21. The number of ether oxygens (including phenoxy) is 1. The van der Waals surface area contributed by atoms with Crippen molar-refractivity contribution >= 4 is 26.6 Å². The van der Waals surface area contributed by atoms with Crippen molar-refractivity contribution in [2.24, 2.45) is 0 Å². The first-order chi connectivity index (χ1) is 15.0. The van der Waals surface area contributed by atoms with E-state index in [-0.39, 0.29) is 5.25 Å². The van der Waals surface area contributed by atoms with E-state index in [1.165, 1.54) is 6.42 Å². The molecule has 1 heterocycles. The molecule has 160 valence electrons. The van der Waals surface area contributed by atoms with Gasteiger partial charge in [-0.1, -0.05) is 12.1 Å². The lowest BCUT2D eigenvalue weighted by Crippen LogP contribution is -2.18. The van der Waals surface area contributed by atoms with Gasteiger partial charge in [-0.3, -0.25) is 4.72 Å². The van der Waals surface area contributed by atoms with Crippen LogP contribution in [-0.4, -0.2) is 24.8 Å². The third kappa shape index (κ3) is 3.55. The van der Waals surface area contributed by atoms with Crippen LogP contribution < -0.4 is 9.46 Å². The number of nitrogens with zero attached hydrogens (tertiary/aromatic N) is 2. The molecule has 5 rings (SSSR count). The third-order valence-corrected chi connectivity index (χ3v) is 8.09. The molecule has 3 aromatic rings. The van der Waals surface area contributed by atoms with Gasteiger partial charge in [-0.15, -0.1) is 0 Å². The first-order valence-electron chi connectivity index (χ1n) is 10.8. The highest BCUT2D eigenvalue weighted by atomic mass is 32.2. The molecule has 0 radical (unpaired) electrons. The molecule has 2 aromatic carbocycles. The van der Waals surface area contributed by atoms with Crippen LogP contribution in [0.15, 0.2) is 42.5 Å². The molecule has 2 aliphatic carbocycles. The van der Waals surface area contributed by atoms with Crippen LogP contribution in [0, 0.1) is 11.3 Å². The number of rotatable bonds is 7. The number of hydrogen-bond acceptors (Lipinski definition) is 4. The molecular weight excluding hydrogens is 410 g/mol. The summed E-state index contributed by atoms with van der Waals surface area (Å²) in [6.45, 7) is 2.55. The number of sulfonamides is 1. The first kappa shape index (κ1) is 20.0. The fourth-order valence-corrected chi connectivity index (χ4v) is 5.68. The predicted molar refractivity (Wildman–Crippen MR) is 122 cm³/mol. The minimum Gasteiger partial charge on any atom is -0.494 e. The molecule has 0 aliphatic heterocycles. The van der Waals surface area contributed by atoms with E-state index in [0.29, 0.717) is 23.9 Å². The zero-order valence-corrected chi connectivity index (χ0v) is 18.3. The highest BCUT2D eigenvalue weighted by molar-refractivity contribution is 7.93. The van der Waals surface area contributed by atoms with Gasteiger partial charge in [0.15, 0.2) is 0 Å². The number of nitriles is 1. The monoisotopic (exact) mass is 435 g/mol. The van der Waals surface area contributed by atoms with E-state index < -0.39 is 10.0 Å². The van der Waals surface area contributed by atoms with Crippen molar-refractivity contribution in [1.29, 1.82) is 5.26 Å². The summed E-state index contributed by atoms with van der Waals surface area (Å²) in [6.07, 6.45) is 4.80. The third-order valence-electron chi connectivity index (χ3n) is 6.22. The number of hydrogen-bond donors (Lipinski definition) is 1. The van der Waals surface area contributed by atoms with Crippen molar-refractivity contribution < 1.29 is 13.2 Å². The molecule has 0 atom stereocenters. The molecule has 0 bridgehead atoms. The smallest absolute Gasteiger partial charge is 0.235 e. The second-order valence-corrected chi connectivity index (χ2v) is 10.3. The summed E-state index contributed by atoms with van der Waals surface area (Å²) >= 11 is 0. The van der Waals surface area contributed by atoms with Gasteiger partial charge in [-0.2, -0.15) is 5.26 Å². The summed E-state index contributed by atoms with van der Waals surface area (Å²) in [7, 11) is -3.30. The first-order valence-corrected chi connectivity index (χ1v) is 12.4. The molecule has 2 saturated carbocycles. The maximum absolute atomic E-state index is 12.2. The van der Waals surface area contributed by atoms with Crippen LogP contribution in [0.1, 0.15) is 50.6 Å². The molecule has 2 fully saturated rings. The maximum Gasteiger partial charge on any atom is 0.235 e. The van der Waals surface area contributed by atoms with Gasteiger partial charge in [0.25, 0.3) is 0 Å². The molecule has 1 N–H and O–H groups in total. The van der Waals surface area contributed by atoms with Crippen LogP contribution in [0.2, 0.25) is 0 Å². The Labute approximate surface area is 182 Å². The highest BCUT2D eigenvalue weighted by Crippen LogP contribution is 2.43. The summed E-state index contributed by atoms with van der Waals surface area (Å²) in [5.74, 6) is 0.800. The van der Waals surface area contributed by atoms with E-state index in [2.05, 4.69) is 15.4 Å². The summed E-state index contributed by atoms with van der Waals surface area (Å²) in [4.78, 5) is 0. The van der Waals surface area contributed by atoms with Crippen LogP contribution in [0.3, 0.4) is 0 Å². The summed E-state index contributed by atoms with van der Waals surface area (Å²) in [5.41, 5.74) is 4.02. The van der Waals surface area contributed by atoms with Gasteiger partial charge < -0.3 is 9.30 Å². The van der Waals surface area contributed by atoms with E-state index in [1.54, 1.807) is 12.1 Å². The van der Waals surface area contributed by atoms with Gasteiger partial charge in [0.1, 0.15) is 11.8 Å². The molecule has 0 amide bonds. The Kier molecular flexibility index (Phi) is 4.90. The van der Waals surface area contributed by atoms with Gasteiger partial charge in [0.05, 0.1) is 28.6 Å². The van der Waals surface area contributed by atoms with E-state index in [9.17, 15) is 13.7 Å². The molecule has 0 saturated heterocycles. The molecule has 2 aliphatic rings. The van der Waals surface area contributed by atoms with Gasteiger partial charge in [-0.05, 0) is 68.9 Å². The number of nitrogens with one attached hydrogen (secondary N) is 1. The lowest BCUT2D eigenvalue weighted by Gasteiger charge is -2.30. The van der Waals surface area contributed by atoms with Crippen molar-refractivity contribution in [3.8, 4) is 23.1 Å². The topological polar surface area (TPSA) is 84.1 Å². The summed E-state index contributed by atoms with van der Waals surface area (Å²) in [6, 6.07) is 16.0. The van der Waals surface area contributed by atoms with Crippen molar-refractivity contribution in [2.75, 3.05) is 11.3 Å². The quantitative estimate of drug-likeness (QED) is 0.552. The minimum absolute atomic E-state index is 0.266. The number of aromatic nitrogens is 1. The van der Waals surface area contributed by atoms with Gasteiger partial charge in [-0.25, -0.2) is 8.42 Å². The van der Waals surface area contributed by atoms with Crippen molar-refractivity contribution in [3.63, 3.8) is 0 Å². The molecule has 7 heteroatoms. The maximum atomic E-state index is 12.2. The molecule has 1 aromatic heterocycles. The Bertz CT molecular complexity index is 1280. The summed E-state index contributed by atoms with van der Waals surface area (Å²) < 4.78 is 35.2. The van der Waals surface area contributed by atoms with E-state index in [0.717, 1.165) is 53.6 Å². The normalized spacial score (nSPS) is 16.6. The zero-order chi connectivity index (χ0) is 21.6. The van der Waals surface area contributed by atoms with Crippen LogP contribution >= 0.6 is 0 Å². The van der Waals surface area contributed by atoms with E-state index in [1.807, 2.05) is 37.3 Å². The molecule has 31 heavy (non-hydrogen) atoms. The van der Waals surface area contributed by atoms with Crippen molar-refractivity contribution in [2.45, 2.75) is 50.3 Å². The van der Waals surface area contributed by atoms with Crippen LogP contribution in [0.5, 0.6) is 5.75 Å². The minimum atomic E-state index is -3.30. The fourth-order valence-electron chi connectivity index (χ4n) is 4.29. The number of benzene rings is 2. The summed E-state index contributed by atoms with van der Waals surface area (Å²) in [5, 5.41) is 10.7. The Hall–Kier alpha value is -2.98. The SMILES string of the molecule is CCOc1ccc2c(C#N)c(-c3ccc(NS(=O)(=O)C4CC4)cc3)n(C3CCC3)c2c1. The highest BCUT2D eigenvalue weighted by Gasteiger charge is 2.35. The average molecular weight is 436 g/mol. The second kappa shape index (κ2) is 7.61. The van der Waals surface area contributed by atoms with E-state index in [4.69, 9.17) is 4.74 Å². The average Bonchev–Trinajstić information content (AvgIpc) is 3.53. The zero-order valence-electron chi connectivity index (χ0n) is 17.5. The molecule has 0 unspecified atom stereocenters. The number of fused-ring (bicyclic) bond motifs is 1. The van der Waals surface area contributed by atoms with Crippen LogP contribution in [0.4, 0.5) is 5.69 Å². The van der Waals surface area contributed by atoms with Gasteiger partial charge in [0.2, 0.25) is 10.0 Å². The van der Waals surface area contributed by atoms with Gasteiger partial charge >= 0.3 is 0 Å². The van der Waals surface area contributed by atoms with Crippen molar-refractivity contribution in [3.05, 3.63) is 48.0 Å². The largest absolute Gasteiger partial charge is 0.494 e. The Balaban J connectivity index is 1.60. The lowest BCUT2D eigenvalue weighted by molar-refractivity contribution is 0.322. The Morgan fingerprint density at radius 3 is 2.45 bits per heavy atom. The molecule has 6 nitrogen and oxygen atoms in total. The lowest BCUT2D eigenvalue weighted by atomic mass is 9.92. The standard InChI is InChI=1S/C24H25N3O3S/c1-2-30-19-10-13-21-22(15-25)24(27(23(21)14-19)18-4-3-5-18)16-6-8-17(9-7-16)26-31(28,29)20-11-12-20/h6-10,13-14,18,20,26H,2-5,11-12H2,1H3. The van der Waals surface area contributed by atoms with Crippen LogP contribution in [-0.2, 0) is 10.0 Å². The Morgan fingerprint density at radius 2 is 1.87 bits per heavy atom. The van der Waals surface area contributed by atoms with Crippen LogP contribution in [0.25, 0.3) is 22.2 Å². The van der Waals surface area contributed by atoms with E-state index >= 15 is 0 Å². The number of anilines is 1. The molecule has 0 spiro atoms. The van der Waals surface area contributed by atoms with Crippen molar-refractivity contribution in [1.82, 2.24) is 4.57 Å². The Morgan fingerprint density at radius 1 is 1.13 bits per heavy atom. The van der Waals surface area contributed by atoms with Gasteiger partial charge in [0, 0.05) is 23.2 Å². The molecular formula is C24H25N3O3S. The fraction of sp³-hybridized carbons (Fsp3) is 0.375. The second-order valence-electron chi connectivity index (χ2n) is 8.33.